The third kappa shape index (κ3) is 1.80. The van der Waals surface area contributed by atoms with E-state index in [0.717, 1.165) is 32.1 Å². The van der Waals surface area contributed by atoms with Crippen molar-refractivity contribution < 1.29 is 15.3 Å². The van der Waals surface area contributed by atoms with Crippen LogP contribution in [-0.2, 0) is 6.42 Å². The largest absolute Gasteiger partial charge is 0.508 e. The zero-order chi connectivity index (χ0) is 14.8. The molecule has 0 aromatic heterocycles. The third-order valence-corrected chi connectivity index (χ3v) is 6.68. The van der Waals surface area contributed by atoms with Gasteiger partial charge in [0, 0.05) is 0 Å². The molecular formula is C18H24O3. The molecule has 2 fully saturated rings. The normalized spacial score (nSPS) is 44.8. The molecule has 114 valence electrons. The lowest BCUT2D eigenvalue weighted by Gasteiger charge is -2.49. The molecule has 0 radical (unpaired) electrons. The lowest BCUT2D eigenvalue weighted by Crippen LogP contribution is -2.44. The molecule has 6 atom stereocenters. The molecular weight excluding hydrogens is 264 g/mol. The Morgan fingerprint density at radius 3 is 2.81 bits per heavy atom. The van der Waals surface area contributed by atoms with E-state index in [1.807, 2.05) is 6.07 Å². The van der Waals surface area contributed by atoms with Gasteiger partial charge in [0.2, 0.25) is 0 Å². The average molecular weight is 288 g/mol. The van der Waals surface area contributed by atoms with Crippen molar-refractivity contribution in [2.24, 2.45) is 17.3 Å². The Hall–Kier alpha value is -1.06. The van der Waals surface area contributed by atoms with E-state index in [2.05, 4.69) is 13.0 Å². The van der Waals surface area contributed by atoms with Gasteiger partial charge in [-0.25, -0.2) is 0 Å². The summed E-state index contributed by atoms with van der Waals surface area (Å²) >= 11 is 0. The third-order valence-electron chi connectivity index (χ3n) is 6.68. The Bertz CT molecular complexity index is 570. The van der Waals surface area contributed by atoms with Crippen molar-refractivity contribution in [1.29, 1.82) is 0 Å². The number of fused-ring (bicyclic) bond motifs is 5. The number of phenols is 1. The minimum Gasteiger partial charge on any atom is -0.508 e. The van der Waals surface area contributed by atoms with Gasteiger partial charge in [0.1, 0.15) is 5.75 Å². The molecule has 21 heavy (non-hydrogen) atoms. The molecule has 3 aliphatic carbocycles. The quantitative estimate of drug-likeness (QED) is 0.687. The van der Waals surface area contributed by atoms with Gasteiger partial charge in [0.05, 0.1) is 12.2 Å². The number of phenolic OH excluding ortho intramolecular Hbond substituents is 1. The van der Waals surface area contributed by atoms with Crippen LogP contribution in [0, 0.1) is 17.3 Å². The molecule has 2 unspecified atom stereocenters. The molecule has 0 spiro atoms. The van der Waals surface area contributed by atoms with Crippen LogP contribution in [0.15, 0.2) is 18.2 Å². The molecule has 2 saturated carbocycles. The van der Waals surface area contributed by atoms with Crippen molar-refractivity contribution in [3.05, 3.63) is 29.3 Å². The Balaban J connectivity index is 1.71. The van der Waals surface area contributed by atoms with E-state index in [0.29, 0.717) is 23.5 Å². The highest BCUT2D eigenvalue weighted by Crippen LogP contribution is 2.60. The molecule has 0 bridgehead atoms. The Kier molecular flexibility index (Phi) is 2.89. The van der Waals surface area contributed by atoms with Crippen LogP contribution < -0.4 is 0 Å². The molecule has 3 aliphatic rings. The van der Waals surface area contributed by atoms with Crippen molar-refractivity contribution in [2.45, 2.75) is 57.2 Å². The molecule has 3 heteroatoms. The summed E-state index contributed by atoms with van der Waals surface area (Å²) < 4.78 is 0. The molecule has 3 nitrogen and oxygen atoms in total. The zero-order valence-electron chi connectivity index (χ0n) is 12.5. The van der Waals surface area contributed by atoms with Gasteiger partial charge in [0.25, 0.3) is 0 Å². The SMILES string of the molecule is C[C@]12CCC3c4ccc(O)cc4CCC3[C@@H]1C[C@@H](O)[C@@H]2O. The van der Waals surface area contributed by atoms with Gasteiger partial charge in [-0.3, -0.25) is 0 Å². The number of aliphatic hydroxyl groups is 2. The number of aryl methyl sites for hydroxylation is 1. The van der Waals surface area contributed by atoms with Gasteiger partial charge in [-0.15, -0.1) is 0 Å². The van der Waals surface area contributed by atoms with Crippen molar-refractivity contribution >= 4 is 0 Å². The van der Waals surface area contributed by atoms with Crippen LogP contribution in [0.3, 0.4) is 0 Å². The average Bonchev–Trinajstić information content (AvgIpc) is 2.70. The molecule has 4 rings (SSSR count). The second-order valence-electron chi connectivity index (χ2n) is 7.59. The Morgan fingerprint density at radius 2 is 2.00 bits per heavy atom. The molecule has 3 N–H and O–H groups in total. The second-order valence-corrected chi connectivity index (χ2v) is 7.59. The van der Waals surface area contributed by atoms with Gasteiger partial charge in [-0.1, -0.05) is 13.0 Å². The van der Waals surface area contributed by atoms with Gasteiger partial charge in [-0.05, 0) is 78.5 Å². The molecule has 0 aliphatic heterocycles. The molecule has 1 aromatic carbocycles. The summed E-state index contributed by atoms with van der Waals surface area (Å²) in [6, 6.07) is 5.80. The fourth-order valence-electron chi connectivity index (χ4n) is 5.56. The van der Waals surface area contributed by atoms with Crippen LogP contribution in [-0.4, -0.2) is 27.5 Å². The van der Waals surface area contributed by atoms with E-state index >= 15 is 0 Å². The second kappa shape index (κ2) is 4.47. The topological polar surface area (TPSA) is 60.7 Å². The highest BCUT2D eigenvalue weighted by Gasteiger charge is 2.57. The minimum atomic E-state index is -0.565. The fraction of sp³-hybridized carbons (Fsp3) is 0.667. The number of hydrogen-bond acceptors (Lipinski definition) is 3. The van der Waals surface area contributed by atoms with Gasteiger partial charge in [-0.2, -0.15) is 0 Å². The van der Waals surface area contributed by atoms with Crippen molar-refractivity contribution in [3.8, 4) is 5.75 Å². The minimum absolute atomic E-state index is 0.116. The van der Waals surface area contributed by atoms with E-state index in [1.54, 1.807) is 6.07 Å². The molecule has 0 saturated heterocycles. The van der Waals surface area contributed by atoms with Crippen molar-refractivity contribution in [1.82, 2.24) is 0 Å². The Morgan fingerprint density at radius 1 is 1.19 bits per heavy atom. The molecule has 0 amide bonds. The number of hydrogen-bond donors (Lipinski definition) is 3. The predicted octanol–water partition coefficient (Wildman–Crippen LogP) is 2.58. The van der Waals surface area contributed by atoms with Crippen LogP contribution in [0.5, 0.6) is 5.75 Å². The van der Waals surface area contributed by atoms with E-state index in [-0.39, 0.29) is 5.41 Å². The summed E-state index contributed by atoms with van der Waals surface area (Å²) in [5.41, 5.74) is 2.57. The van der Waals surface area contributed by atoms with Crippen LogP contribution in [0.2, 0.25) is 0 Å². The highest BCUT2D eigenvalue weighted by molar-refractivity contribution is 5.40. The summed E-state index contributed by atoms with van der Waals surface area (Å²) in [5, 5.41) is 30.2. The standard InChI is InChI=1S/C18H24O3/c1-18-7-6-13-12-5-3-11(19)8-10(12)2-4-14(13)15(18)9-16(20)17(18)21/h3,5,8,13-17,19-21H,2,4,6-7,9H2,1H3/t13?,14?,15-,16+,17-,18-/m0/s1. The first kappa shape index (κ1) is 13.6. The first-order valence-electron chi connectivity index (χ1n) is 8.18. The number of aliphatic hydroxyl groups excluding tert-OH is 2. The lowest BCUT2D eigenvalue weighted by atomic mass is 9.55. The summed E-state index contributed by atoms with van der Waals surface area (Å²) in [6.45, 7) is 2.17. The summed E-state index contributed by atoms with van der Waals surface area (Å²) in [4.78, 5) is 0. The fourth-order valence-corrected chi connectivity index (χ4v) is 5.56. The van der Waals surface area contributed by atoms with E-state index in [1.165, 1.54) is 11.1 Å². The smallest absolute Gasteiger partial charge is 0.115 e. The van der Waals surface area contributed by atoms with Crippen LogP contribution in [0.25, 0.3) is 0 Å². The van der Waals surface area contributed by atoms with E-state index in [4.69, 9.17) is 0 Å². The number of benzene rings is 1. The van der Waals surface area contributed by atoms with Gasteiger partial charge < -0.3 is 15.3 Å². The Labute approximate surface area is 125 Å². The van der Waals surface area contributed by atoms with Gasteiger partial charge >= 0.3 is 0 Å². The predicted molar refractivity (Wildman–Crippen MR) is 80.1 cm³/mol. The first-order chi connectivity index (χ1) is 10.0. The lowest BCUT2D eigenvalue weighted by molar-refractivity contribution is -0.0505. The molecule has 0 heterocycles. The zero-order valence-corrected chi connectivity index (χ0v) is 12.5. The van der Waals surface area contributed by atoms with Crippen LogP contribution >= 0.6 is 0 Å². The number of rotatable bonds is 0. The first-order valence-corrected chi connectivity index (χ1v) is 8.18. The van der Waals surface area contributed by atoms with Gasteiger partial charge in [0.15, 0.2) is 0 Å². The number of aromatic hydroxyl groups is 1. The van der Waals surface area contributed by atoms with Crippen molar-refractivity contribution in [2.75, 3.05) is 0 Å². The van der Waals surface area contributed by atoms with Crippen LogP contribution in [0.1, 0.15) is 49.7 Å². The van der Waals surface area contributed by atoms with Crippen molar-refractivity contribution in [3.63, 3.8) is 0 Å². The summed E-state index contributed by atoms with van der Waals surface area (Å²) in [6.07, 6.45) is 3.80. The highest BCUT2D eigenvalue weighted by atomic mass is 16.3. The molecule has 1 aromatic rings. The van der Waals surface area contributed by atoms with E-state index < -0.39 is 12.2 Å². The maximum Gasteiger partial charge on any atom is 0.115 e. The monoisotopic (exact) mass is 288 g/mol. The van der Waals surface area contributed by atoms with E-state index in [9.17, 15) is 15.3 Å². The maximum atomic E-state index is 10.4. The summed E-state index contributed by atoms with van der Waals surface area (Å²) in [5.74, 6) is 1.88. The summed E-state index contributed by atoms with van der Waals surface area (Å²) in [7, 11) is 0. The van der Waals surface area contributed by atoms with Crippen LogP contribution in [0.4, 0.5) is 0 Å². The maximum absolute atomic E-state index is 10.4.